The molecule has 2 aromatic rings. The van der Waals surface area contributed by atoms with Gasteiger partial charge in [0.05, 0.1) is 28.4 Å². The summed E-state index contributed by atoms with van der Waals surface area (Å²) >= 11 is 0. The molecule has 0 unspecified atom stereocenters. The second-order valence-electron chi connectivity index (χ2n) is 5.80. The minimum absolute atomic E-state index is 0.0151. The molecule has 0 atom stereocenters. The highest BCUT2D eigenvalue weighted by Crippen LogP contribution is 2.38. The zero-order valence-electron chi connectivity index (χ0n) is 15.9. The fourth-order valence-electron chi connectivity index (χ4n) is 2.84. The van der Waals surface area contributed by atoms with Crippen molar-refractivity contribution in [2.24, 2.45) is 0 Å². The number of benzene rings is 2. The molecule has 0 bridgehead atoms. The first kappa shape index (κ1) is 19.2. The number of cyclic esters (lactones) is 1. The third-order valence-electron chi connectivity index (χ3n) is 4.28. The van der Waals surface area contributed by atoms with Crippen molar-refractivity contribution in [3.05, 3.63) is 59.0 Å². The van der Waals surface area contributed by atoms with Crippen LogP contribution in [0.1, 0.15) is 11.1 Å². The summed E-state index contributed by atoms with van der Waals surface area (Å²) in [5, 5.41) is 10.6. The first-order valence-electron chi connectivity index (χ1n) is 8.34. The molecule has 28 heavy (non-hydrogen) atoms. The molecule has 1 aliphatic rings. The fraction of sp³-hybridized carbons (Fsp3) is 0.190. The average molecular weight is 384 g/mol. The number of aliphatic hydroxyl groups excluding tert-OH is 1. The van der Waals surface area contributed by atoms with Crippen molar-refractivity contribution in [1.82, 2.24) is 0 Å². The lowest BCUT2D eigenvalue weighted by molar-refractivity contribution is -0.131. The molecule has 1 heterocycles. The molecule has 0 spiro atoms. The summed E-state index contributed by atoms with van der Waals surface area (Å²) < 4.78 is 26.3. The van der Waals surface area contributed by atoms with Gasteiger partial charge in [0.25, 0.3) is 0 Å². The zero-order chi connectivity index (χ0) is 20.3. The van der Waals surface area contributed by atoms with Crippen LogP contribution in [0.15, 0.2) is 47.9 Å². The highest BCUT2D eigenvalue weighted by molar-refractivity contribution is 6.20. The number of aliphatic hydroxyl groups is 1. The van der Waals surface area contributed by atoms with Crippen molar-refractivity contribution in [3.63, 3.8) is 0 Å². The van der Waals surface area contributed by atoms with Gasteiger partial charge in [-0.3, -0.25) is 0 Å². The monoisotopic (exact) mass is 384 g/mol. The standard InChI is InChI=1S/C21H20O7/c1-24-14-7-5-12(6-8-14)19-20(22)18(28-21(19)23)10-13-9-16(26-3)17(27-4)11-15(13)25-2/h5-11,22H,1-4H3/b18-10-. The molecular formula is C21H20O7. The number of carbonyl (C=O) groups excluding carboxylic acids is 1. The van der Waals surface area contributed by atoms with Gasteiger partial charge in [-0.2, -0.15) is 0 Å². The maximum absolute atomic E-state index is 12.3. The number of carbonyl (C=O) groups is 1. The number of ether oxygens (including phenoxy) is 5. The lowest BCUT2D eigenvalue weighted by atomic mass is 10.0. The Kier molecular flexibility index (Phi) is 5.44. The summed E-state index contributed by atoms with van der Waals surface area (Å²) in [7, 11) is 6.08. The van der Waals surface area contributed by atoms with Crippen LogP contribution in [0.25, 0.3) is 11.6 Å². The molecule has 1 N–H and O–H groups in total. The summed E-state index contributed by atoms with van der Waals surface area (Å²) in [6.45, 7) is 0. The number of esters is 1. The van der Waals surface area contributed by atoms with Gasteiger partial charge in [0, 0.05) is 11.6 Å². The minimum Gasteiger partial charge on any atom is -0.504 e. The van der Waals surface area contributed by atoms with Crippen LogP contribution in [0.3, 0.4) is 0 Å². The smallest absolute Gasteiger partial charge is 0.348 e. The summed E-state index contributed by atoms with van der Waals surface area (Å²) in [6.07, 6.45) is 1.50. The van der Waals surface area contributed by atoms with E-state index in [4.69, 9.17) is 23.7 Å². The van der Waals surface area contributed by atoms with Crippen LogP contribution in [-0.4, -0.2) is 39.5 Å². The van der Waals surface area contributed by atoms with Gasteiger partial charge in [-0.25, -0.2) is 4.79 Å². The summed E-state index contributed by atoms with van der Waals surface area (Å²) in [5.74, 6) is 1.18. The van der Waals surface area contributed by atoms with Crippen molar-refractivity contribution < 1.29 is 33.6 Å². The predicted molar refractivity (Wildman–Crippen MR) is 103 cm³/mol. The molecule has 0 fully saturated rings. The fourth-order valence-corrected chi connectivity index (χ4v) is 2.84. The van der Waals surface area contributed by atoms with E-state index in [0.29, 0.717) is 34.1 Å². The van der Waals surface area contributed by atoms with E-state index in [1.165, 1.54) is 27.4 Å². The number of hydrogen-bond acceptors (Lipinski definition) is 7. The Bertz CT molecular complexity index is 955. The second-order valence-corrected chi connectivity index (χ2v) is 5.80. The Morgan fingerprint density at radius 1 is 0.857 bits per heavy atom. The van der Waals surface area contributed by atoms with Gasteiger partial charge in [0.15, 0.2) is 23.0 Å². The quantitative estimate of drug-likeness (QED) is 0.762. The van der Waals surface area contributed by atoms with Crippen LogP contribution < -0.4 is 18.9 Å². The summed E-state index contributed by atoms with van der Waals surface area (Å²) in [4.78, 5) is 12.3. The Morgan fingerprint density at radius 2 is 1.46 bits per heavy atom. The topological polar surface area (TPSA) is 83.5 Å². The second kappa shape index (κ2) is 7.96. The van der Waals surface area contributed by atoms with Crippen molar-refractivity contribution >= 4 is 17.6 Å². The molecule has 2 aromatic carbocycles. The third kappa shape index (κ3) is 3.46. The predicted octanol–water partition coefficient (Wildman–Crippen LogP) is 3.59. The molecule has 0 saturated heterocycles. The number of hydrogen-bond donors (Lipinski definition) is 1. The van der Waals surface area contributed by atoms with Gasteiger partial charge in [0.2, 0.25) is 0 Å². The summed E-state index contributed by atoms with van der Waals surface area (Å²) in [6, 6.07) is 10.0. The van der Waals surface area contributed by atoms with Gasteiger partial charge in [-0.15, -0.1) is 0 Å². The lowest BCUT2D eigenvalue weighted by Crippen LogP contribution is -1.98. The van der Waals surface area contributed by atoms with E-state index in [-0.39, 0.29) is 17.1 Å². The highest BCUT2D eigenvalue weighted by Gasteiger charge is 2.31. The van der Waals surface area contributed by atoms with Crippen molar-refractivity contribution in [2.45, 2.75) is 0 Å². The van der Waals surface area contributed by atoms with E-state index in [9.17, 15) is 9.90 Å². The molecule has 0 amide bonds. The Labute approximate surface area is 162 Å². The molecule has 0 radical (unpaired) electrons. The van der Waals surface area contributed by atoms with Crippen LogP contribution >= 0.6 is 0 Å². The van der Waals surface area contributed by atoms with Crippen molar-refractivity contribution in [2.75, 3.05) is 28.4 Å². The molecule has 0 saturated carbocycles. The Balaban J connectivity index is 2.05. The largest absolute Gasteiger partial charge is 0.504 e. The molecule has 3 rings (SSSR count). The minimum atomic E-state index is -0.645. The normalized spacial score (nSPS) is 14.9. The lowest BCUT2D eigenvalue weighted by Gasteiger charge is -2.12. The molecule has 0 aromatic heterocycles. The SMILES string of the molecule is COc1ccc(C2=C(O)/C(=C/c3cc(OC)c(OC)cc3OC)OC2=O)cc1. The van der Waals surface area contributed by atoms with E-state index in [1.54, 1.807) is 43.5 Å². The molecule has 146 valence electrons. The molecular weight excluding hydrogens is 364 g/mol. The van der Waals surface area contributed by atoms with Gasteiger partial charge >= 0.3 is 5.97 Å². The maximum Gasteiger partial charge on any atom is 0.348 e. The first-order chi connectivity index (χ1) is 13.5. The highest BCUT2D eigenvalue weighted by atomic mass is 16.6. The molecule has 7 nitrogen and oxygen atoms in total. The van der Waals surface area contributed by atoms with Crippen LogP contribution in [0, 0.1) is 0 Å². The number of rotatable bonds is 6. The van der Waals surface area contributed by atoms with E-state index < -0.39 is 5.97 Å². The van der Waals surface area contributed by atoms with Crippen molar-refractivity contribution in [3.8, 4) is 23.0 Å². The van der Waals surface area contributed by atoms with Gasteiger partial charge in [-0.1, -0.05) is 12.1 Å². The van der Waals surface area contributed by atoms with E-state index in [0.717, 1.165) is 0 Å². The van der Waals surface area contributed by atoms with Crippen LogP contribution in [0.2, 0.25) is 0 Å². The van der Waals surface area contributed by atoms with E-state index in [1.807, 2.05) is 0 Å². The molecule has 0 aliphatic carbocycles. The summed E-state index contributed by atoms with van der Waals surface area (Å²) in [5.41, 5.74) is 1.14. The first-order valence-corrected chi connectivity index (χ1v) is 8.34. The molecule has 1 aliphatic heterocycles. The van der Waals surface area contributed by atoms with Gasteiger partial charge in [-0.05, 0) is 29.8 Å². The van der Waals surface area contributed by atoms with Crippen molar-refractivity contribution in [1.29, 1.82) is 0 Å². The van der Waals surface area contributed by atoms with E-state index in [2.05, 4.69) is 0 Å². The van der Waals surface area contributed by atoms with Crippen LogP contribution in [0.5, 0.6) is 23.0 Å². The maximum atomic E-state index is 12.3. The average Bonchev–Trinajstić information content (AvgIpc) is 3.00. The Hall–Kier alpha value is -3.61. The van der Waals surface area contributed by atoms with Gasteiger partial charge < -0.3 is 28.8 Å². The zero-order valence-corrected chi connectivity index (χ0v) is 15.9. The number of methoxy groups -OCH3 is 4. The van der Waals surface area contributed by atoms with E-state index >= 15 is 0 Å². The van der Waals surface area contributed by atoms with Crippen LogP contribution in [0.4, 0.5) is 0 Å². The Morgan fingerprint density at radius 3 is 2.04 bits per heavy atom. The van der Waals surface area contributed by atoms with Gasteiger partial charge in [0.1, 0.15) is 17.1 Å². The third-order valence-corrected chi connectivity index (χ3v) is 4.28. The van der Waals surface area contributed by atoms with Crippen LogP contribution in [-0.2, 0) is 9.53 Å². The molecule has 7 heteroatoms.